The summed E-state index contributed by atoms with van der Waals surface area (Å²) >= 11 is 0. The largest absolute Gasteiger partial charge is 0.378 e. The first kappa shape index (κ1) is 21.1. The van der Waals surface area contributed by atoms with Crippen molar-refractivity contribution in [3.8, 4) is 0 Å². The Morgan fingerprint density at radius 2 is 1.72 bits per heavy atom. The third-order valence-electron chi connectivity index (χ3n) is 4.77. The summed E-state index contributed by atoms with van der Waals surface area (Å²) in [6.07, 6.45) is 0. The van der Waals surface area contributed by atoms with Gasteiger partial charge in [0.1, 0.15) is 0 Å². The molecule has 0 bridgehead atoms. The van der Waals surface area contributed by atoms with Gasteiger partial charge >= 0.3 is 0 Å². The zero-order valence-corrected chi connectivity index (χ0v) is 17.4. The van der Waals surface area contributed by atoms with Crippen LogP contribution in [0.25, 0.3) is 0 Å². The van der Waals surface area contributed by atoms with Gasteiger partial charge in [-0.25, -0.2) is 5.43 Å². The molecule has 2 heterocycles. The van der Waals surface area contributed by atoms with Crippen molar-refractivity contribution in [2.24, 2.45) is 5.10 Å². The number of benzene rings is 2. The van der Waals surface area contributed by atoms with E-state index in [1.165, 1.54) is 12.1 Å². The molecule has 0 radical (unpaired) electrons. The summed E-state index contributed by atoms with van der Waals surface area (Å²) in [5.74, 6) is 1.19. The van der Waals surface area contributed by atoms with Crippen LogP contribution in [0, 0.1) is 10.1 Å². The maximum atomic E-state index is 10.8. The first-order valence-corrected chi connectivity index (χ1v) is 10.0. The number of morpholine rings is 1. The van der Waals surface area contributed by atoms with Crippen LogP contribution in [0.4, 0.5) is 29.2 Å². The van der Waals surface area contributed by atoms with E-state index in [1.54, 1.807) is 19.1 Å². The van der Waals surface area contributed by atoms with Crippen molar-refractivity contribution in [2.75, 3.05) is 41.9 Å². The van der Waals surface area contributed by atoms with Crippen LogP contribution in [0.2, 0.25) is 0 Å². The molecule has 2 aromatic carbocycles. The molecule has 2 N–H and O–H groups in total. The second kappa shape index (κ2) is 9.79. The minimum Gasteiger partial charge on any atom is -0.378 e. The van der Waals surface area contributed by atoms with Crippen LogP contribution in [-0.2, 0) is 4.74 Å². The van der Waals surface area contributed by atoms with Crippen molar-refractivity contribution in [1.29, 1.82) is 0 Å². The number of hydrogen-bond acceptors (Lipinski definition) is 10. The fourth-order valence-corrected chi connectivity index (χ4v) is 3.05. The van der Waals surface area contributed by atoms with Gasteiger partial charge in [0.2, 0.25) is 17.8 Å². The predicted octanol–water partition coefficient (Wildman–Crippen LogP) is 3.20. The van der Waals surface area contributed by atoms with Gasteiger partial charge in [-0.3, -0.25) is 10.1 Å². The minimum atomic E-state index is -0.437. The topological polar surface area (TPSA) is 131 Å². The van der Waals surface area contributed by atoms with E-state index in [-0.39, 0.29) is 11.6 Å². The number of nitro benzene ring substituents is 1. The van der Waals surface area contributed by atoms with Gasteiger partial charge in [0.05, 0.1) is 23.8 Å². The Hall–Kier alpha value is -4.12. The highest BCUT2D eigenvalue weighted by atomic mass is 16.6. The van der Waals surface area contributed by atoms with Crippen LogP contribution in [0.1, 0.15) is 12.5 Å². The Bertz CT molecular complexity index is 1100. The first-order chi connectivity index (χ1) is 15.6. The molecule has 0 unspecified atom stereocenters. The summed E-state index contributed by atoms with van der Waals surface area (Å²) in [5.41, 5.74) is 5.13. The average Bonchev–Trinajstić information content (AvgIpc) is 2.83. The number of rotatable bonds is 7. The van der Waals surface area contributed by atoms with E-state index in [0.29, 0.717) is 43.9 Å². The summed E-state index contributed by atoms with van der Waals surface area (Å²) in [6, 6.07) is 15.8. The lowest BCUT2D eigenvalue weighted by atomic mass is 10.1. The highest BCUT2D eigenvalue weighted by Crippen LogP contribution is 2.19. The standard InChI is InChI=1S/C21H22N8O3/c1-15(16-7-9-18(10-8-16)29(30)31)26-27-20-23-19(22-17-5-3-2-4-6-17)24-21(25-20)28-11-13-32-14-12-28/h2-10H,11-14H2,1H3,(H2,22,23,24,25,27). The molecule has 0 amide bonds. The van der Waals surface area contributed by atoms with E-state index in [2.05, 4.69) is 30.8 Å². The lowest BCUT2D eigenvalue weighted by molar-refractivity contribution is -0.384. The molecule has 164 valence electrons. The SMILES string of the molecule is CC(=NNc1nc(Nc2ccccc2)nc(N2CCOCC2)n1)c1ccc([N+](=O)[O-])cc1. The van der Waals surface area contributed by atoms with Crippen molar-refractivity contribution in [3.63, 3.8) is 0 Å². The number of nitro groups is 1. The highest BCUT2D eigenvalue weighted by Gasteiger charge is 2.17. The predicted molar refractivity (Wildman–Crippen MR) is 122 cm³/mol. The van der Waals surface area contributed by atoms with E-state index in [4.69, 9.17) is 4.74 Å². The summed E-state index contributed by atoms with van der Waals surface area (Å²) in [5, 5.41) is 18.4. The van der Waals surface area contributed by atoms with Crippen molar-refractivity contribution >= 4 is 34.9 Å². The van der Waals surface area contributed by atoms with Gasteiger partial charge in [0, 0.05) is 30.9 Å². The Kier molecular flexibility index (Phi) is 6.46. The number of nitrogens with zero attached hydrogens (tertiary/aromatic N) is 6. The van der Waals surface area contributed by atoms with E-state index in [0.717, 1.165) is 11.3 Å². The average molecular weight is 434 g/mol. The minimum absolute atomic E-state index is 0.0266. The highest BCUT2D eigenvalue weighted by molar-refractivity contribution is 5.99. The number of nitrogens with one attached hydrogen (secondary N) is 2. The van der Waals surface area contributed by atoms with Crippen LogP contribution in [0.3, 0.4) is 0 Å². The molecule has 1 aliphatic rings. The van der Waals surface area contributed by atoms with Gasteiger partial charge < -0.3 is 15.0 Å². The summed E-state index contributed by atoms with van der Waals surface area (Å²) in [7, 11) is 0. The summed E-state index contributed by atoms with van der Waals surface area (Å²) < 4.78 is 5.42. The smallest absolute Gasteiger partial charge is 0.269 e. The molecule has 0 aliphatic carbocycles. The Morgan fingerprint density at radius 1 is 1.03 bits per heavy atom. The summed E-state index contributed by atoms with van der Waals surface area (Å²) in [4.78, 5) is 25.9. The second-order valence-electron chi connectivity index (χ2n) is 6.99. The van der Waals surface area contributed by atoms with Crippen molar-refractivity contribution < 1.29 is 9.66 Å². The van der Waals surface area contributed by atoms with Gasteiger partial charge in [-0.1, -0.05) is 18.2 Å². The zero-order chi connectivity index (χ0) is 22.3. The van der Waals surface area contributed by atoms with E-state index in [9.17, 15) is 10.1 Å². The molecule has 11 nitrogen and oxygen atoms in total. The quantitative estimate of drug-likeness (QED) is 0.327. The fourth-order valence-electron chi connectivity index (χ4n) is 3.05. The maximum absolute atomic E-state index is 10.8. The molecule has 0 spiro atoms. The molecule has 1 aromatic heterocycles. The van der Waals surface area contributed by atoms with Gasteiger partial charge in [0.25, 0.3) is 5.69 Å². The monoisotopic (exact) mass is 434 g/mol. The Labute approximate surface area is 184 Å². The fraction of sp³-hybridized carbons (Fsp3) is 0.238. The first-order valence-electron chi connectivity index (χ1n) is 10.0. The molecule has 32 heavy (non-hydrogen) atoms. The van der Waals surface area contributed by atoms with Crippen LogP contribution in [-0.4, -0.2) is 51.9 Å². The van der Waals surface area contributed by atoms with Crippen LogP contribution in [0.5, 0.6) is 0 Å². The molecular formula is C21H22N8O3. The van der Waals surface area contributed by atoms with Gasteiger partial charge in [-0.05, 0) is 36.8 Å². The number of ether oxygens (including phenoxy) is 1. The molecule has 0 saturated carbocycles. The van der Waals surface area contributed by atoms with Crippen LogP contribution >= 0.6 is 0 Å². The number of para-hydroxylation sites is 1. The zero-order valence-electron chi connectivity index (χ0n) is 17.4. The van der Waals surface area contributed by atoms with Crippen molar-refractivity contribution in [1.82, 2.24) is 15.0 Å². The molecule has 4 rings (SSSR count). The number of anilines is 4. The lowest BCUT2D eigenvalue weighted by Gasteiger charge is -2.27. The van der Waals surface area contributed by atoms with Crippen molar-refractivity contribution in [3.05, 3.63) is 70.3 Å². The Balaban J connectivity index is 1.57. The van der Waals surface area contributed by atoms with Gasteiger partial charge in [-0.15, -0.1) is 0 Å². The van der Waals surface area contributed by atoms with Crippen LogP contribution in [0.15, 0.2) is 59.7 Å². The molecule has 1 aliphatic heterocycles. The third-order valence-corrected chi connectivity index (χ3v) is 4.77. The van der Waals surface area contributed by atoms with Gasteiger partial charge in [0.15, 0.2) is 0 Å². The summed E-state index contributed by atoms with van der Waals surface area (Å²) in [6.45, 7) is 4.36. The number of non-ortho nitro benzene ring substituents is 1. The van der Waals surface area contributed by atoms with Crippen LogP contribution < -0.4 is 15.6 Å². The van der Waals surface area contributed by atoms with Gasteiger partial charge in [-0.2, -0.15) is 20.1 Å². The third kappa shape index (κ3) is 5.32. The van der Waals surface area contributed by atoms with Crippen molar-refractivity contribution in [2.45, 2.75) is 6.92 Å². The molecule has 1 saturated heterocycles. The lowest BCUT2D eigenvalue weighted by Crippen LogP contribution is -2.37. The normalized spacial score (nSPS) is 14.2. The maximum Gasteiger partial charge on any atom is 0.269 e. The molecule has 11 heteroatoms. The van der Waals surface area contributed by atoms with E-state index >= 15 is 0 Å². The molecule has 3 aromatic rings. The molecular weight excluding hydrogens is 412 g/mol. The molecule has 1 fully saturated rings. The van der Waals surface area contributed by atoms with E-state index in [1.807, 2.05) is 35.2 Å². The van der Waals surface area contributed by atoms with E-state index < -0.39 is 4.92 Å². The number of aromatic nitrogens is 3. The second-order valence-corrected chi connectivity index (χ2v) is 6.99. The number of hydrazone groups is 1. The number of hydrogen-bond donors (Lipinski definition) is 2. The molecule has 0 atom stereocenters. The Morgan fingerprint density at radius 3 is 2.41 bits per heavy atom.